The minimum atomic E-state index is -4.24. The van der Waals surface area contributed by atoms with Crippen molar-refractivity contribution in [1.29, 1.82) is 0 Å². The maximum Gasteiger partial charge on any atom is 0.408 e. The molecule has 6 heteroatoms. The molecule has 1 rings (SSSR count). The molecule has 74 valence electrons. The SMILES string of the molecule is CCc1nncn1C(C)C(F)(F)F. The third-order valence-electron chi connectivity index (χ3n) is 1.85. The van der Waals surface area contributed by atoms with Crippen molar-refractivity contribution in [3.63, 3.8) is 0 Å². The molecule has 0 amide bonds. The van der Waals surface area contributed by atoms with Crippen LogP contribution < -0.4 is 0 Å². The number of rotatable bonds is 2. The zero-order chi connectivity index (χ0) is 10.1. The van der Waals surface area contributed by atoms with Crippen LogP contribution in [-0.4, -0.2) is 20.9 Å². The van der Waals surface area contributed by atoms with Gasteiger partial charge in [0.25, 0.3) is 0 Å². The molecule has 0 N–H and O–H groups in total. The highest BCUT2D eigenvalue weighted by Crippen LogP contribution is 2.30. The van der Waals surface area contributed by atoms with E-state index in [1.807, 2.05) is 0 Å². The third-order valence-corrected chi connectivity index (χ3v) is 1.85. The lowest BCUT2D eigenvalue weighted by atomic mass is 10.3. The fourth-order valence-corrected chi connectivity index (χ4v) is 1.00. The van der Waals surface area contributed by atoms with Crippen LogP contribution in [0.25, 0.3) is 0 Å². The first-order chi connectivity index (χ1) is 5.96. The average molecular weight is 193 g/mol. The molecule has 0 saturated heterocycles. The Morgan fingerprint density at radius 2 is 2.15 bits per heavy atom. The number of hydrogen-bond acceptors (Lipinski definition) is 2. The van der Waals surface area contributed by atoms with E-state index in [2.05, 4.69) is 10.2 Å². The van der Waals surface area contributed by atoms with E-state index < -0.39 is 12.2 Å². The quantitative estimate of drug-likeness (QED) is 0.718. The first-order valence-electron chi connectivity index (χ1n) is 3.92. The predicted molar refractivity (Wildman–Crippen MR) is 40.2 cm³/mol. The molecule has 0 saturated carbocycles. The topological polar surface area (TPSA) is 30.7 Å². The summed E-state index contributed by atoms with van der Waals surface area (Å²) in [6.07, 6.45) is -2.69. The Morgan fingerprint density at radius 3 is 2.62 bits per heavy atom. The van der Waals surface area contributed by atoms with E-state index in [1.165, 1.54) is 0 Å². The van der Waals surface area contributed by atoms with Gasteiger partial charge in [0, 0.05) is 6.42 Å². The summed E-state index contributed by atoms with van der Waals surface area (Å²) in [6.45, 7) is 2.83. The largest absolute Gasteiger partial charge is 0.408 e. The fraction of sp³-hybridized carbons (Fsp3) is 0.714. The van der Waals surface area contributed by atoms with E-state index in [0.717, 1.165) is 17.8 Å². The maximum absolute atomic E-state index is 12.3. The van der Waals surface area contributed by atoms with Crippen molar-refractivity contribution in [2.24, 2.45) is 0 Å². The van der Waals surface area contributed by atoms with Gasteiger partial charge >= 0.3 is 6.18 Å². The lowest BCUT2D eigenvalue weighted by Crippen LogP contribution is -2.24. The van der Waals surface area contributed by atoms with E-state index in [0.29, 0.717) is 12.2 Å². The van der Waals surface area contributed by atoms with Gasteiger partial charge in [0.1, 0.15) is 18.2 Å². The minimum absolute atomic E-state index is 0.352. The van der Waals surface area contributed by atoms with Crippen molar-refractivity contribution in [2.75, 3.05) is 0 Å². The predicted octanol–water partition coefficient (Wildman–Crippen LogP) is 1.96. The second-order valence-electron chi connectivity index (χ2n) is 2.73. The highest BCUT2D eigenvalue weighted by atomic mass is 19.4. The van der Waals surface area contributed by atoms with Crippen molar-refractivity contribution in [2.45, 2.75) is 32.5 Å². The summed E-state index contributed by atoms with van der Waals surface area (Å²) in [5.74, 6) is 0.352. The van der Waals surface area contributed by atoms with E-state index in [9.17, 15) is 13.2 Å². The van der Waals surface area contributed by atoms with Crippen LogP contribution in [0.4, 0.5) is 13.2 Å². The van der Waals surface area contributed by atoms with Crippen LogP contribution in [0.15, 0.2) is 6.33 Å². The van der Waals surface area contributed by atoms with Gasteiger partial charge < -0.3 is 4.57 Å². The zero-order valence-corrected chi connectivity index (χ0v) is 7.34. The van der Waals surface area contributed by atoms with E-state index >= 15 is 0 Å². The van der Waals surface area contributed by atoms with Gasteiger partial charge in [0.15, 0.2) is 0 Å². The molecule has 1 atom stereocenters. The van der Waals surface area contributed by atoms with Gasteiger partial charge in [-0.15, -0.1) is 10.2 Å². The van der Waals surface area contributed by atoms with Gasteiger partial charge in [-0.1, -0.05) is 6.92 Å². The number of halogens is 3. The first kappa shape index (κ1) is 10.0. The molecule has 0 spiro atoms. The molecular formula is C7H10F3N3. The number of hydrogen-bond donors (Lipinski definition) is 0. The first-order valence-corrected chi connectivity index (χ1v) is 3.92. The molecule has 1 aromatic rings. The van der Waals surface area contributed by atoms with Gasteiger partial charge in [-0.3, -0.25) is 0 Å². The molecule has 3 nitrogen and oxygen atoms in total. The summed E-state index contributed by atoms with van der Waals surface area (Å²) in [5.41, 5.74) is 0. The summed E-state index contributed by atoms with van der Waals surface area (Å²) in [5, 5.41) is 7.02. The van der Waals surface area contributed by atoms with E-state index in [-0.39, 0.29) is 0 Å². The molecule has 0 bridgehead atoms. The summed E-state index contributed by atoms with van der Waals surface area (Å²) in [4.78, 5) is 0. The van der Waals surface area contributed by atoms with Gasteiger partial charge in [-0.25, -0.2) is 0 Å². The number of aromatic nitrogens is 3. The number of alkyl halides is 3. The molecule has 1 aromatic heterocycles. The van der Waals surface area contributed by atoms with E-state index in [1.54, 1.807) is 6.92 Å². The van der Waals surface area contributed by atoms with Gasteiger partial charge in [0.2, 0.25) is 0 Å². The minimum Gasteiger partial charge on any atom is -0.306 e. The molecule has 0 radical (unpaired) electrons. The van der Waals surface area contributed by atoms with Crippen LogP contribution >= 0.6 is 0 Å². The van der Waals surface area contributed by atoms with Crippen molar-refractivity contribution >= 4 is 0 Å². The highest BCUT2D eigenvalue weighted by Gasteiger charge is 2.38. The monoisotopic (exact) mass is 193 g/mol. The van der Waals surface area contributed by atoms with Crippen LogP contribution in [0.3, 0.4) is 0 Å². The van der Waals surface area contributed by atoms with Crippen molar-refractivity contribution in [3.8, 4) is 0 Å². The Hall–Kier alpha value is -1.07. The average Bonchev–Trinajstić information content (AvgIpc) is 2.48. The molecule has 13 heavy (non-hydrogen) atoms. The van der Waals surface area contributed by atoms with Crippen LogP contribution in [0, 0.1) is 0 Å². The van der Waals surface area contributed by atoms with Crippen molar-refractivity contribution < 1.29 is 13.2 Å². The molecule has 0 aliphatic carbocycles. The van der Waals surface area contributed by atoms with Crippen LogP contribution in [-0.2, 0) is 6.42 Å². The summed E-state index contributed by atoms with van der Waals surface area (Å²) in [7, 11) is 0. The molecular weight excluding hydrogens is 183 g/mol. The molecule has 1 unspecified atom stereocenters. The Balaban J connectivity index is 2.94. The third kappa shape index (κ3) is 1.99. The molecule has 0 fully saturated rings. The van der Waals surface area contributed by atoms with Crippen molar-refractivity contribution in [3.05, 3.63) is 12.2 Å². The van der Waals surface area contributed by atoms with Gasteiger partial charge in [-0.2, -0.15) is 13.2 Å². The Morgan fingerprint density at radius 1 is 1.54 bits per heavy atom. The van der Waals surface area contributed by atoms with Crippen LogP contribution in [0.2, 0.25) is 0 Å². The Bertz CT molecular complexity index is 279. The summed E-state index contributed by atoms with van der Waals surface area (Å²) < 4.78 is 37.8. The normalized spacial score (nSPS) is 14.5. The zero-order valence-electron chi connectivity index (χ0n) is 7.34. The van der Waals surface area contributed by atoms with Gasteiger partial charge in [-0.05, 0) is 6.92 Å². The van der Waals surface area contributed by atoms with Crippen LogP contribution in [0.5, 0.6) is 0 Å². The molecule has 0 aliphatic heterocycles. The van der Waals surface area contributed by atoms with Crippen molar-refractivity contribution in [1.82, 2.24) is 14.8 Å². The second-order valence-corrected chi connectivity index (χ2v) is 2.73. The smallest absolute Gasteiger partial charge is 0.306 e. The lowest BCUT2D eigenvalue weighted by molar-refractivity contribution is -0.163. The number of nitrogens with zero attached hydrogens (tertiary/aromatic N) is 3. The van der Waals surface area contributed by atoms with Gasteiger partial charge in [0.05, 0.1) is 0 Å². The highest BCUT2D eigenvalue weighted by molar-refractivity contribution is 4.89. The lowest BCUT2D eigenvalue weighted by Gasteiger charge is -2.17. The fourth-order valence-electron chi connectivity index (χ4n) is 1.00. The summed E-state index contributed by atoms with van der Waals surface area (Å²) in [6, 6.07) is -1.56. The Labute approximate surface area is 73.6 Å². The maximum atomic E-state index is 12.3. The van der Waals surface area contributed by atoms with E-state index in [4.69, 9.17) is 0 Å². The molecule has 0 aliphatic rings. The Kier molecular flexibility index (Phi) is 2.58. The summed E-state index contributed by atoms with van der Waals surface area (Å²) >= 11 is 0. The second kappa shape index (κ2) is 3.35. The van der Waals surface area contributed by atoms with Crippen LogP contribution in [0.1, 0.15) is 25.7 Å². The molecule has 1 heterocycles. The molecule has 0 aromatic carbocycles. The number of aryl methyl sites for hydroxylation is 1. The standard InChI is InChI=1S/C7H10F3N3/c1-3-6-12-11-4-13(6)5(2)7(8,9)10/h4-5H,3H2,1-2H3.